The SMILES string of the molecule is O=C(O)c1c(Br)cc(C(F)F)nc1I. The van der Waals surface area contributed by atoms with Crippen molar-refractivity contribution in [2.45, 2.75) is 6.43 Å². The van der Waals surface area contributed by atoms with Crippen LogP contribution in [-0.2, 0) is 0 Å². The summed E-state index contributed by atoms with van der Waals surface area (Å²) in [5.41, 5.74) is -0.540. The van der Waals surface area contributed by atoms with Crippen molar-refractivity contribution in [2.24, 2.45) is 0 Å². The zero-order valence-corrected chi connectivity index (χ0v) is 10.2. The lowest BCUT2D eigenvalue weighted by atomic mass is 10.2. The van der Waals surface area contributed by atoms with E-state index in [2.05, 4.69) is 20.9 Å². The van der Waals surface area contributed by atoms with Crippen LogP contribution in [0.25, 0.3) is 0 Å². The monoisotopic (exact) mass is 377 g/mol. The molecule has 76 valence electrons. The second kappa shape index (κ2) is 4.47. The quantitative estimate of drug-likeness (QED) is 0.636. The Morgan fingerprint density at radius 3 is 2.57 bits per heavy atom. The molecule has 0 spiro atoms. The molecule has 0 saturated heterocycles. The maximum absolute atomic E-state index is 12.2. The Morgan fingerprint density at radius 1 is 1.64 bits per heavy atom. The molecule has 0 bridgehead atoms. The first kappa shape index (κ1) is 11.8. The van der Waals surface area contributed by atoms with Crippen LogP contribution in [-0.4, -0.2) is 16.1 Å². The Balaban J connectivity index is 3.32. The number of alkyl halides is 2. The zero-order chi connectivity index (χ0) is 10.9. The third kappa shape index (κ3) is 2.38. The van der Waals surface area contributed by atoms with Gasteiger partial charge in [0.1, 0.15) is 15.0 Å². The van der Waals surface area contributed by atoms with Crippen molar-refractivity contribution < 1.29 is 18.7 Å². The maximum atomic E-state index is 12.2. The van der Waals surface area contributed by atoms with Gasteiger partial charge in [0, 0.05) is 4.47 Å². The van der Waals surface area contributed by atoms with E-state index in [0.717, 1.165) is 6.07 Å². The summed E-state index contributed by atoms with van der Waals surface area (Å²) in [6.07, 6.45) is -2.71. The standard InChI is InChI=1S/C7H3BrF2INO2/c8-2-1-3(5(9)10)12-6(11)4(2)7(13)14/h1,5H,(H,13,14). The Kier molecular flexibility index (Phi) is 3.76. The van der Waals surface area contributed by atoms with Crippen molar-refractivity contribution in [1.82, 2.24) is 4.98 Å². The number of pyridine rings is 1. The number of carboxylic acids is 1. The molecular weight excluding hydrogens is 375 g/mol. The lowest BCUT2D eigenvalue weighted by Crippen LogP contribution is -2.05. The fraction of sp³-hybridized carbons (Fsp3) is 0.143. The van der Waals surface area contributed by atoms with Gasteiger partial charge in [0.15, 0.2) is 0 Å². The van der Waals surface area contributed by atoms with Crippen LogP contribution in [0.4, 0.5) is 8.78 Å². The van der Waals surface area contributed by atoms with Crippen molar-refractivity contribution in [1.29, 1.82) is 0 Å². The zero-order valence-electron chi connectivity index (χ0n) is 6.47. The number of hydrogen-bond donors (Lipinski definition) is 1. The van der Waals surface area contributed by atoms with Gasteiger partial charge in [0.05, 0.1) is 0 Å². The molecule has 0 aromatic carbocycles. The van der Waals surface area contributed by atoms with Gasteiger partial charge in [-0.05, 0) is 44.6 Å². The smallest absolute Gasteiger partial charge is 0.339 e. The lowest BCUT2D eigenvalue weighted by molar-refractivity contribution is 0.0693. The third-order valence-electron chi connectivity index (χ3n) is 1.38. The molecule has 1 aromatic rings. The molecular formula is C7H3BrF2INO2. The van der Waals surface area contributed by atoms with Gasteiger partial charge in [-0.25, -0.2) is 18.6 Å². The Hall–Kier alpha value is -0.310. The van der Waals surface area contributed by atoms with Crippen LogP contribution in [0.3, 0.4) is 0 Å². The van der Waals surface area contributed by atoms with Gasteiger partial charge < -0.3 is 5.11 Å². The van der Waals surface area contributed by atoms with Crippen LogP contribution in [0.2, 0.25) is 0 Å². The maximum Gasteiger partial charge on any atom is 0.339 e. The summed E-state index contributed by atoms with van der Waals surface area (Å²) in [6, 6.07) is 1.01. The van der Waals surface area contributed by atoms with E-state index < -0.39 is 18.1 Å². The van der Waals surface area contributed by atoms with Gasteiger partial charge >= 0.3 is 5.97 Å². The van der Waals surface area contributed by atoms with Crippen LogP contribution in [0, 0.1) is 3.70 Å². The minimum atomic E-state index is -2.71. The largest absolute Gasteiger partial charge is 0.478 e. The minimum Gasteiger partial charge on any atom is -0.478 e. The van der Waals surface area contributed by atoms with E-state index in [1.165, 1.54) is 0 Å². The molecule has 14 heavy (non-hydrogen) atoms. The van der Waals surface area contributed by atoms with Crippen molar-refractivity contribution in [3.63, 3.8) is 0 Å². The van der Waals surface area contributed by atoms with Gasteiger partial charge in [0.25, 0.3) is 6.43 Å². The van der Waals surface area contributed by atoms with E-state index >= 15 is 0 Å². The average Bonchev–Trinajstić information content (AvgIpc) is 2.01. The molecule has 0 amide bonds. The molecule has 0 saturated carbocycles. The van der Waals surface area contributed by atoms with E-state index in [9.17, 15) is 13.6 Å². The molecule has 0 atom stereocenters. The van der Waals surface area contributed by atoms with Crippen LogP contribution in [0.15, 0.2) is 10.5 Å². The molecule has 0 aliphatic carbocycles. The summed E-state index contributed by atoms with van der Waals surface area (Å²) >= 11 is 4.51. The topological polar surface area (TPSA) is 50.2 Å². The summed E-state index contributed by atoms with van der Waals surface area (Å²) < 4.78 is 24.6. The Labute approximate surface area is 99.8 Å². The predicted octanol–water partition coefficient (Wildman–Crippen LogP) is 3.08. The molecule has 0 radical (unpaired) electrons. The van der Waals surface area contributed by atoms with Crippen LogP contribution in [0.5, 0.6) is 0 Å². The summed E-state index contributed by atoms with van der Waals surface area (Å²) in [7, 11) is 0. The van der Waals surface area contributed by atoms with E-state index in [1.807, 2.05) is 0 Å². The minimum absolute atomic E-state index is 0.0415. The van der Waals surface area contributed by atoms with E-state index in [-0.39, 0.29) is 13.7 Å². The second-order valence-corrected chi connectivity index (χ2v) is 4.18. The normalized spacial score (nSPS) is 10.6. The van der Waals surface area contributed by atoms with Crippen molar-refractivity contribution >= 4 is 44.5 Å². The van der Waals surface area contributed by atoms with Crippen LogP contribution in [0.1, 0.15) is 22.5 Å². The Bertz CT molecular complexity index is 363. The number of rotatable bonds is 2. The first-order valence-electron chi connectivity index (χ1n) is 3.31. The summed E-state index contributed by atoms with van der Waals surface area (Å²) in [6.45, 7) is 0. The highest BCUT2D eigenvalue weighted by Crippen LogP contribution is 2.26. The molecule has 0 aliphatic rings. The van der Waals surface area contributed by atoms with Crippen molar-refractivity contribution in [3.8, 4) is 0 Å². The third-order valence-corrected chi connectivity index (χ3v) is 2.79. The first-order valence-corrected chi connectivity index (χ1v) is 5.18. The van der Waals surface area contributed by atoms with E-state index in [4.69, 9.17) is 5.11 Å². The van der Waals surface area contributed by atoms with Crippen LogP contribution < -0.4 is 0 Å². The number of aromatic nitrogens is 1. The molecule has 1 aromatic heterocycles. The van der Waals surface area contributed by atoms with Gasteiger partial charge in [-0.15, -0.1) is 0 Å². The fourth-order valence-corrected chi connectivity index (χ4v) is 2.57. The van der Waals surface area contributed by atoms with Crippen LogP contribution >= 0.6 is 38.5 Å². The van der Waals surface area contributed by atoms with Crippen molar-refractivity contribution in [2.75, 3.05) is 0 Å². The molecule has 1 N–H and O–H groups in total. The molecule has 7 heteroatoms. The molecule has 0 unspecified atom stereocenters. The predicted molar refractivity (Wildman–Crippen MR) is 56.6 cm³/mol. The number of aromatic carboxylic acids is 1. The Morgan fingerprint density at radius 2 is 2.21 bits per heavy atom. The summed E-state index contributed by atoms with van der Waals surface area (Å²) in [5, 5.41) is 8.71. The highest BCUT2D eigenvalue weighted by molar-refractivity contribution is 14.1. The van der Waals surface area contributed by atoms with Gasteiger partial charge in [-0.3, -0.25) is 0 Å². The van der Waals surface area contributed by atoms with Gasteiger partial charge in [-0.1, -0.05) is 0 Å². The summed E-state index contributed by atoms with van der Waals surface area (Å²) in [4.78, 5) is 14.1. The number of carboxylic acid groups (broad SMARTS) is 1. The van der Waals surface area contributed by atoms with Crippen molar-refractivity contribution in [3.05, 3.63) is 25.5 Å². The number of nitrogens with zero attached hydrogens (tertiary/aromatic N) is 1. The van der Waals surface area contributed by atoms with E-state index in [0.29, 0.717) is 0 Å². The van der Waals surface area contributed by atoms with E-state index in [1.54, 1.807) is 22.6 Å². The lowest BCUT2D eigenvalue weighted by Gasteiger charge is -2.05. The van der Waals surface area contributed by atoms with Gasteiger partial charge in [0.2, 0.25) is 0 Å². The molecule has 1 rings (SSSR count). The highest BCUT2D eigenvalue weighted by atomic mass is 127. The fourth-order valence-electron chi connectivity index (χ4n) is 0.804. The molecule has 1 heterocycles. The number of carbonyl (C=O) groups is 1. The molecule has 0 fully saturated rings. The highest BCUT2D eigenvalue weighted by Gasteiger charge is 2.18. The number of halogens is 4. The second-order valence-electron chi connectivity index (χ2n) is 2.30. The average molecular weight is 378 g/mol. The first-order chi connectivity index (χ1) is 6.43. The molecule has 3 nitrogen and oxygen atoms in total. The molecule has 0 aliphatic heterocycles. The number of hydrogen-bond acceptors (Lipinski definition) is 2. The van der Waals surface area contributed by atoms with Gasteiger partial charge in [-0.2, -0.15) is 0 Å². The summed E-state index contributed by atoms with van der Waals surface area (Å²) in [5.74, 6) is -1.20.